The summed E-state index contributed by atoms with van der Waals surface area (Å²) in [6.45, 7) is 12.9. The van der Waals surface area contributed by atoms with Gasteiger partial charge in [0.2, 0.25) is 0 Å². The molecule has 0 aromatic carbocycles. The topological polar surface area (TPSA) is 73.0 Å². The van der Waals surface area contributed by atoms with Crippen LogP contribution in [-0.4, -0.2) is 35.3 Å². The van der Waals surface area contributed by atoms with Crippen molar-refractivity contribution in [3.05, 3.63) is 11.6 Å². The van der Waals surface area contributed by atoms with Gasteiger partial charge in [0.1, 0.15) is 17.5 Å². The number of epoxide rings is 1. The molecule has 4 rings (SSSR count). The Labute approximate surface area is 199 Å². The molecule has 0 N–H and O–H groups in total. The van der Waals surface area contributed by atoms with E-state index in [9.17, 15) is 14.4 Å². The number of fused-ring (bicyclic) bond motifs is 2. The predicted octanol–water partition coefficient (Wildman–Crippen LogP) is 5.30. The van der Waals surface area contributed by atoms with Crippen molar-refractivity contribution in [2.24, 2.45) is 41.4 Å². The summed E-state index contributed by atoms with van der Waals surface area (Å²) in [5.41, 5.74) is 0.695. The van der Waals surface area contributed by atoms with E-state index in [4.69, 9.17) is 9.47 Å². The van der Waals surface area contributed by atoms with E-state index < -0.39 is 0 Å². The van der Waals surface area contributed by atoms with Crippen molar-refractivity contribution in [3.8, 4) is 0 Å². The molecule has 1 spiro atoms. The van der Waals surface area contributed by atoms with Gasteiger partial charge in [-0.05, 0) is 68.3 Å². The van der Waals surface area contributed by atoms with Gasteiger partial charge in [-0.25, -0.2) is 0 Å². The molecule has 5 heteroatoms. The molecular weight excluding hydrogens is 416 g/mol. The molecule has 2 bridgehead atoms. The summed E-state index contributed by atoms with van der Waals surface area (Å²) in [6.07, 6.45) is 6.23. The normalized spacial score (nSPS) is 38.5. The minimum atomic E-state index is -0.365. The van der Waals surface area contributed by atoms with Crippen molar-refractivity contribution in [2.75, 3.05) is 0 Å². The van der Waals surface area contributed by atoms with Crippen LogP contribution in [0.5, 0.6) is 0 Å². The standard InChI is InChI=1S/C28H42O5/c1-15(2)23(16(3)4)13-21(29)11-19-9-17(5)7-8-20-12-22(32-27(19)31)14-24-18(6)10-25(30)26-28(20,24)33-26/h10,15-17,19-20,22-24,26H,7-9,11-14H2,1-6H3/t17-,19?,20?,22-,24?,26+,28-/m0/s1. The van der Waals surface area contributed by atoms with E-state index in [2.05, 4.69) is 34.6 Å². The maximum Gasteiger partial charge on any atom is 0.309 e. The lowest BCUT2D eigenvalue weighted by Gasteiger charge is -2.43. The van der Waals surface area contributed by atoms with Crippen LogP contribution in [0.15, 0.2) is 11.6 Å². The Morgan fingerprint density at radius 1 is 1.09 bits per heavy atom. The van der Waals surface area contributed by atoms with Gasteiger partial charge in [-0.15, -0.1) is 0 Å². The summed E-state index contributed by atoms with van der Waals surface area (Å²) in [4.78, 5) is 38.7. The minimum Gasteiger partial charge on any atom is -0.462 e. The molecule has 1 saturated carbocycles. The molecule has 33 heavy (non-hydrogen) atoms. The van der Waals surface area contributed by atoms with Crippen LogP contribution >= 0.6 is 0 Å². The number of hydrogen-bond acceptors (Lipinski definition) is 5. The Bertz CT molecular complexity index is 818. The number of esters is 1. The van der Waals surface area contributed by atoms with Crippen LogP contribution in [0.3, 0.4) is 0 Å². The molecule has 0 amide bonds. The van der Waals surface area contributed by atoms with E-state index >= 15 is 0 Å². The van der Waals surface area contributed by atoms with Crippen molar-refractivity contribution in [3.63, 3.8) is 0 Å². The number of carbonyl (C=O) groups excluding carboxylic acids is 3. The number of Topliss-reactive ketones (excluding diaryl/α,β-unsaturated/α-hetero) is 1. The quantitative estimate of drug-likeness (QED) is 0.399. The van der Waals surface area contributed by atoms with Crippen molar-refractivity contribution < 1.29 is 23.9 Å². The maximum absolute atomic E-state index is 13.3. The molecule has 7 atom stereocenters. The Hall–Kier alpha value is -1.49. The molecule has 3 fully saturated rings. The fourth-order valence-corrected chi connectivity index (χ4v) is 7.21. The zero-order chi connectivity index (χ0) is 24.1. The Kier molecular flexibility index (Phi) is 6.93. The molecule has 2 saturated heterocycles. The van der Waals surface area contributed by atoms with Crippen molar-refractivity contribution in [1.82, 2.24) is 0 Å². The van der Waals surface area contributed by atoms with Crippen LogP contribution in [-0.2, 0) is 23.9 Å². The summed E-state index contributed by atoms with van der Waals surface area (Å²) < 4.78 is 12.2. The number of carbonyl (C=O) groups is 3. The second-order valence-electron chi connectivity index (χ2n) is 12.1. The van der Waals surface area contributed by atoms with Crippen molar-refractivity contribution >= 4 is 17.5 Å². The molecule has 0 radical (unpaired) electrons. The summed E-state index contributed by atoms with van der Waals surface area (Å²) in [5.74, 6) is 1.67. The highest BCUT2D eigenvalue weighted by molar-refractivity contribution is 5.99. The van der Waals surface area contributed by atoms with Crippen LogP contribution in [0.1, 0.15) is 86.5 Å². The van der Waals surface area contributed by atoms with Gasteiger partial charge in [-0.3, -0.25) is 14.4 Å². The van der Waals surface area contributed by atoms with E-state index in [-0.39, 0.29) is 53.1 Å². The van der Waals surface area contributed by atoms with Crippen LogP contribution in [0.4, 0.5) is 0 Å². The average Bonchev–Trinajstić information content (AvgIpc) is 3.47. The fourth-order valence-electron chi connectivity index (χ4n) is 7.21. The number of hydrogen-bond donors (Lipinski definition) is 0. The van der Waals surface area contributed by atoms with Gasteiger partial charge in [0.15, 0.2) is 11.9 Å². The Morgan fingerprint density at radius 3 is 2.45 bits per heavy atom. The van der Waals surface area contributed by atoms with Gasteiger partial charge in [0, 0.05) is 18.8 Å². The Morgan fingerprint density at radius 2 is 1.79 bits per heavy atom. The number of ketones is 2. The highest BCUT2D eigenvalue weighted by Crippen LogP contribution is 2.61. The first kappa shape index (κ1) is 24.6. The Balaban J connectivity index is 1.48. The lowest BCUT2D eigenvalue weighted by molar-refractivity contribution is -0.161. The first-order chi connectivity index (χ1) is 15.5. The molecular formula is C28H42O5. The SMILES string of the molecule is CC1=CC(=O)[C@H]2O[C@]23C2CC[C@H](C)CC(CC(=O)CC(C(C)C)C(C)C)C(=O)O[C@@H](C2)CC13. The molecule has 0 aromatic heterocycles. The van der Waals surface area contributed by atoms with Gasteiger partial charge in [-0.1, -0.05) is 46.6 Å². The lowest BCUT2D eigenvalue weighted by atomic mass is 9.62. The largest absolute Gasteiger partial charge is 0.462 e. The molecule has 4 aliphatic rings. The number of ether oxygens (including phenoxy) is 2. The van der Waals surface area contributed by atoms with Crippen molar-refractivity contribution in [2.45, 2.75) is 104 Å². The summed E-state index contributed by atoms with van der Waals surface area (Å²) in [6, 6.07) is 0. The van der Waals surface area contributed by atoms with E-state index in [0.717, 1.165) is 24.8 Å². The predicted molar refractivity (Wildman–Crippen MR) is 126 cm³/mol. The second-order valence-corrected chi connectivity index (χ2v) is 12.1. The zero-order valence-electron chi connectivity index (χ0n) is 21.3. The van der Waals surface area contributed by atoms with Crippen LogP contribution in [0.25, 0.3) is 0 Å². The molecule has 5 nitrogen and oxygen atoms in total. The summed E-state index contributed by atoms with van der Waals surface area (Å²) in [5, 5.41) is 0. The summed E-state index contributed by atoms with van der Waals surface area (Å²) in [7, 11) is 0. The second kappa shape index (κ2) is 9.28. The zero-order valence-corrected chi connectivity index (χ0v) is 21.3. The van der Waals surface area contributed by atoms with Crippen LogP contribution < -0.4 is 0 Å². The monoisotopic (exact) mass is 458 g/mol. The third kappa shape index (κ3) is 4.72. The molecule has 2 heterocycles. The van der Waals surface area contributed by atoms with Gasteiger partial charge in [0.25, 0.3) is 0 Å². The van der Waals surface area contributed by atoms with Crippen LogP contribution in [0, 0.1) is 41.4 Å². The van der Waals surface area contributed by atoms with Gasteiger partial charge >= 0.3 is 5.97 Å². The molecule has 2 aliphatic heterocycles. The highest BCUT2D eigenvalue weighted by atomic mass is 16.6. The average molecular weight is 459 g/mol. The number of rotatable bonds is 6. The molecule has 2 aliphatic carbocycles. The van der Waals surface area contributed by atoms with Gasteiger partial charge < -0.3 is 9.47 Å². The third-order valence-corrected chi connectivity index (χ3v) is 9.04. The van der Waals surface area contributed by atoms with E-state index in [1.54, 1.807) is 6.08 Å². The van der Waals surface area contributed by atoms with Crippen molar-refractivity contribution in [1.29, 1.82) is 0 Å². The molecule has 0 aromatic rings. The van der Waals surface area contributed by atoms with Gasteiger partial charge in [-0.2, -0.15) is 0 Å². The summed E-state index contributed by atoms with van der Waals surface area (Å²) >= 11 is 0. The van der Waals surface area contributed by atoms with E-state index in [1.165, 1.54) is 0 Å². The first-order valence-corrected chi connectivity index (χ1v) is 13.1. The molecule has 3 unspecified atom stereocenters. The maximum atomic E-state index is 13.3. The smallest absolute Gasteiger partial charge is 0.309 e. The van der Waals surface area contributed by atoms with Crippen LogP contribution in [0.2, 0.25) is 0 Å². The third-order valence-electron chi connectivity index (χ3n) is 9.04. The van der Waals surface area contributed by atoms with Gasteiger partial charge in [0.05, 0.1) is 5.92 Å². The first-order valence-electron chi connectivity index (χ1n) is 13.1. The van der Waals surface area contributed by atoms with E-state index in [1.807, 2.05) is 6.92 Å². The minimum absolute atomic E-state index is 0.101. The highest BCUT2D eigenvalue weighted by Gasteiger charge is 2.71. The lowest BCUT2D eigenvalue weighted by Crippen LogP contribution is -2.49. The van der Waals surface area contributed by atoms with E-state index in [0.29, 0.717) is 49.4 Å². The molecule has 184 valence electrons. The fraction of sp³-hybridized carbons (Fsp3) is 0.821.